The summed E-state index contributed by atoms with van der Waals surface area (Å²) >= 11 is 1.52. The number of methoxy groups -OCH3 is 1. The van der Waals surface area contributed by atoms with Crippen LogP contribution in [0.25, 0.3) is 10.2 Å². The van der Waals surface area contributed by atoms with Crippen molar-refractivity contribution in [2.24, 2.45) is 0 Å². The van der Waals surface area contributed by atoms with Crippen LogP contribution in [0.2, 0.25) is 0 Å². The van der Waals surface area contributed by atoms with Crippen molar-refractivity contribution in [1.82, 2.24) is 9.88 Å². The Hall–Kier alpha value is -3.17. The van der Waals surface area contributed by atoms with Crippen molar-refractivity contribution in [1.29, 1.82) is 0 Å². The molecule has 0 spiro atoms. The van der Waals surface area contributed by atoms with Crippen LogP contribution in [0.15, 0.2) is 66.7 Å². The SMILES string of the molecule is COc1ccc2nc(N(CCCN3CCOCC3)C(=O)C3c4ccccc4Oc4ccccc43)sc2c1.Cl. The van der Waals surface area contributed by atoms with E-state index in [9.17, 15) is 4.79 Å². The second-order valence-corrected chi connectivity index (χ2v) is 10.2. The number of benzene rings is 3. The van der Waals surface area contributed by atoms with Crippen molar-refractivity contribution >= 4 is 45.0 Å². The maximum atomic E-state index is 14.5. The van der Waals surface area contributed by atoms with Crippen molar-refractivity contribution in [3.63, 3.8) is 0 Å². The Kier molecular flexibility index (Phi) is 8.14. The molecule has 3 heterocycles. The third-order valence-corrected chi connectivity index (χ3v) is 8.01. The zero-order valence-electron chi connectivity index (χ0n) is 21.2. The Bertz CT molecular complexity index is 1380. The van der Waals surface area contributed by atoms with Crippen molar-refractivity contribution in [2.45, 2.75) is 12.3 Å². The molecule has 1 aromatic heterocycles. The maximum Gasteiger partial charge on any atom is 0.241 e. The first-order valence-corrected chi connectivity index (χ1v) is 13.4. The summed E-state index contributed by atoms with van der Waals surface area (Å²) < 4.78 is 18.1. The van der Waals surface area contributed by atoms with E-state index >= 15 is 0 Å². The smallest absolute Gasteiger partial charge is 0.241 e. The largest absolute Gasteiger partial charge is 0.497 e. The monoisotopic (exact) mass is 551 g/mol. The van der Waals surface area contributed by atoms with Crippen LogP contribution in [-0.4, -0.2) is 62.3 Å². The molecule has 198 valence electrons. The highest BCUT2D eigenvalue weighted by Crippen LogP contribution is 2.45. The van der Waals surface area contributed by atoms with E-state index in [4.69, 9.17) is 19.2 Å². The van der Waals surface area contributed by atoms with E-state index < -0.39 is 5.92 Å². The number of rotatable bonds is 7. The topological polar surface area (TPSA) is 64.1 Å². The van der Waals surface area contributed by atoms with Gasteiger partial charge in [0.1, 0.15) is 17.2 Å². The number of amides is 1. The third-order valence-electron chi connectivity index (χ3n) is 6.97. The minimum atomic E-state index is -0.467. The number of carbonyl (C=O) groups excluding carboxylic acids is 1. The lowest BCUT2D eigenvalue weighted by molar-refractivity contribution is -0.119. The van der Waals surface area contributed by atoms with Crippen LogP contribution in [0.1, 0.15) is 23.5 Å². The summed E-state index contributed by atoms with van der Waals surface area (Å²) in [7, 11) is 1.66. The van der Waals surface area contributed by atoms with Crippen molar-refractivity contribution in [3.8, 4) is 17.2 Å². The van der Waals surface area contributed by atoms with Crippen molar-refractivity contribution in [2.75, 3.05) is 51.4 Å². The van der Waals surface area contributed by atoms with Crippen LogP contribution in [0.3, 0.4) is 0 Å². The number of aromatic nitrogens is 1. The molecular formula is C29H30ClN3O4S. The highest BCUT2D eigenvalue weighted by Gasteiger charge is 2.36. The number of ether oxygens (including phenoxy) is 3. The summed E-state index contributed by atoms with van der Waals surface area (Å²) in [4.78, 5) is 23.6. The lowest BCUT2D eigenvalue weighted by atomic mass is 9.87. The molecule has 3 aromatic carbocycles. The Labute approximate surface area is 232 Å². The molecule has 4 aromatic rings. The van der Waals surface area contributed by atoms with E-state index in [1.165, 1.54) is 11.3 Å². The van der Waals surface area contributed by atoms with Gasteiger partial charge in [0.05, 0.1) is 36.5 Å². The standard InChI is InChI=1S/C29H29N3O4S.ClH/c1-34-20-11-12-23-26(19-20)37-29(30-23)32(14-6-13-31-15-17-35-18-16-31)28(33)27-21-7-2-4-9-24(21)36-25-10-5-3-8-22(25)27;/h2-5,7-12,19,27H,6,13-18H2,1H3;1H. The van der Waals surface area contributed by atoms with Crippen LogP contribution in [-0.2, 0) is 9.53 Å². The van der Waals surface area contributed by atoms with Gasteiger partial charge in [-0.3, -0.25) is 14.6 Å². The van der Waals surface area contributed by atoms with Gasteiger partial charge in [0.15, 0.2) is 5.13 Å². The molecule has 6 rings (SSSR count). The zero-order chi connectivity index (χ0) is 25.2. The Morgan fingerprint density at radius 1 is 1.05 bits per heavy atom. The average Bonchev–Trinajstić information content (AvgIpc) is 3.37. The molecule has 1 fully saturated rings. The lowest BCUT2D eigenvalue weighted by Crippen LogP contribution is -2.40. The molecule has 0 bridgehead atoms. The van der Waals surface area contributed by atoms with Crippen LogP contribution >= 0.6 is 23.7 Å². The fraction of sp³-hybridized carbons (Fsp3) is 0.310. The first-order valence-electron chi connectivity index (χ1n) is 12.6. The van der Waals surface area contributed by atoms with Gasteiger partial charge >= 0.3 is 0 Å². The van der Waals surface area contributed by atoms with Gasteiger partial charge in [-0.25, -0.2) is 4.98 Å². The van der Waals surface area contributed by atoms with E-state index in [2.05, 4.69) is 4.90 Å². The number of para-hydroxylation sites is 2. The molecule has 0 N–H and O–H groups in total. The summed E-state index contributed by atoms with van der Waals surface area (Å²) in [5.74, 6) is 1.77. The van der Waals surface area contributed by atoms with Crippen molar-refractivity contribution in [3.05, 3.63) is 77.9 Å². The first kappa shape index (κ1) is 26.4. The molecule has 0 radical (unpaired) electrons. The molecule has 0 aliphatic carbocycles. The number of fused-ring (bicyclic) bond motifs is 3. The second kappa shape index (κ2) is 11.7. The Morgan fingerprint density at radius 2 is 1.74 bits per heavy atom. The number of nitrogens with zero attached hydrogens (tertiary/aromatic N) is 3. The minimum absolute atomic E-state index is 0. The molecule has 2 aliphatic rings. The first-order chi connectivity index (χ1) is 18.2. The van der Waals surface area contributed by atoms with Crippen LogP contribution in [0.4, 0.5) is 5.13 Å². The van der Waals surface area contributed by atoms with Gasteiger partial charge < -0.3 is 14.2 Å². The molecule has 1 amide bonds. The van der Waals surface area contributed by atoms with Crippen LogP contribution in [0, 0.1) is 0 Å². The van der Waals surface area contributed by atoms with Gasteiger partial charge in [-0.15, -0.1) is 12.4 Å². The summed E-state index contributed by atoms with van der Waals surface area (Å²) in [6.07, 6.45) is 0.845. The van der Waals surface area contributed by atoms with Gasteiger partial charge in [-0.05, 0) is 36.8 Å². The number of anilines is 1. The average molecular weight is 552 g/mol. The maximum absolute atomic E-state index is 14.5. The highest BCUT2D eigenvalue weighted by molar-refractivity contribution is 7.22. The Morgan fingerprint density at radius 3 is 2.42 bits per heavy atom. The molecule has 0 atom stereocenters. The predicted octanol–water partition coefficient (Wildman–Crippen LogP) is 5.72. The number of carbonyl (C=O) groups is 1. The summed E-state index contributed by atoms with van der Waals surface area (Å²) in [6.45, 7) is 4.86. The molecule has 2 aliphatic heterocycles. The van der Waals surface area contributed by atoms with E-state index in [1.807, 2.05) is 71.6 Å². The quantitative estimate of drug-likeness (QED) is 0.293. The van der Waals surface area contributed by atoms with Crippen molar-refractivity contribution < 1.29 is 19.0 Å². The van der Waals surface area contributed by atoms with E-state index in [1.54, 1.807) is 7.11 Å². The minimum Gasteiger partial charge on any atom is -0.497 e. The fourth-order valence-corrected chi connectivity index (χ4v) is 6.07. The van der Waals surface area contributed by atoms with Gasteiger partial charge in [0, 0.05) is 37.3 Å². The number of morpholine rings is 1. The fourth-order valence-electron chi connectivity index (χ4n) is 5.04. The normalized spacial score (nSPS) is 15.2. The van der Waals surface area contributed by atoms with E-state index in [0.29, 0.717) is 11.7 Å². The number of halogens is 1. The lowest BCUT2D eigenvalue weighted by Gasteiger charge is -2.32. The van der Waals surface area contributed by atoms with Gasteiger partial charge in [-0.2, -0.15) is 0 Å². The molecule has 38 heavy (non-hydrogen) atoms. The summed E-state index contributed by atoms with van der Waals surface area (Å²) in [5, 5.41) is 0.705. The number of thiazole rings is 1. The molecule has 0 unspecified atom stereocenters. The summed E-state index contributed by atoms with van der Waals surface area (Å²) in [6, 6.07) is 21.5. The zero-order valence-corrected chi connectivity index (χ0v) is 22.8. The second-order valence-electron chi connectivity index (χ2n) is 9.24. The molecular weight excluding hydrogens is 522 g/mol. The molecule has 7 nitrogen and oxygen atoms in total. The number of hydrogen-bond acceptors (Lipinski definition) is 7. The van der Waals surface area contributed by atoms with Gasteiger partial charge in [-0.1, -0.05) is 47.7 Å². The van der Waals surface area contributed by atoms with Gasteiger partial charge in [0.2, 0.25) is 5.91 Å². The summed E-state index contributed by atoms with van der Waals surface area (Å²) in [5.41, 5.74) is 2.62. The van der Waals surface area contributed by atoms with E-state index in [0.717, 1.165) is 77.9 Å². The Balaban J connectivity index is 0.00000294. The number of hydrogen-bond donors (Lipinski definition) is 0. The van der Waals surface area contributed by atoms with E-state index in [-0.39, 0.29) is 18.3 Å². The predicted molar refractivity (Wildman–Crippen MR) is 152 cm³/mol. The van der Waals surface area contributed by atoms with Gasteiger partial charge in [0.25, 0.3) is 0 Å². The highest BCUT2D eigenvalue weighted by atomic mass is 35.5. The molecule has 1 saturated heterocycles. The van der Waals surface area contributed by atoms with Crippen LogP contribution < -0.4 is 14.4 Å². The third kappa shape index (κ3) is 5.22. The molecule has 9 heteroatoms. The van der Waals surface area contributed by atoms with Crippen LogP contribution in [0.5, 0.6) is 17.2 Å². The molecule has 0 saturated carbocycles.